The van der Waals surface area contributed by atoms with Crippen LogP contribution in [-0.4, -0.2) is 17.7 Å². The Morgan fingerprint density at radius 3 is 2.09 bits per heavy atom. The zero-order valence-electron chi connectivity index (χ0n) is 15.2. The maximum Gasteiger partial charge on any atom is 0.119 e. The molecule has 0 aromatic heterocycles. The molecule has 1 saturated carbocycles. The van der Waals surface area contributed by atoms with Gasteiger partial charge >= 0.3 is 0 Å². The van der Waals surface area contributed by atoms with Crippen LogP contribution in [0.4, 0.5) is 0 Å². The molecule has 0 radical (unpaired) electrons. The van der Waals surface area contributed by atoms with Gasteiger partial charge in [-0.25, -0.2) is 0 Å². The van der Waals surface area contributed by atoms with Crippen LogP contribution in [0.2, 0.25) is 0 Å². The molecule has 0 saturated heterocycles. The van der Waals surface area contributed by atoms with E-state index >= 15 is 0 Å². The van der Waals surface area contributed by atoms with E-state index in [0.717, 1.165) is 25.0 Å². The minimum atomic E-state index is 0.199. The van der Waals surface area contributed by atoms with E-state index in [-0.39, 0.29) is 5.54 Å². The second-order valence-electron chi connectivity index (χ2n) is 9.01. The summed E-state index contributed by atoms with van der Waals surface area (Å²) in [6.45, 7) is 13.5. The Hall–Kier alpha value is -1.02. The fraction of sp³-hybridized carbons (Fsp3) is 0.700. The van der Waals surface area contributed by atoms with Crippen molar-refractivity contribution in [2.75, 3.05) is 0 Å². The second kappa shape index (κ2) is 6.62. The van der Waals surface area contributed by atoms with Gasteiger partial charge in [0.15, 0.2) is 0 Å². The van der Waals surface area contributed by atoms with Gasteiger partial charge in [-0.05, 0) is 69.6 Å². The number of nitrogens with one attached hydrogen (secondary N) is 1. The molecule has 1 aliphatic rings. The fourth-order valence-electron chi connectivity index (χ4n) is 2.84. The normalized spacial score (nSPS) is 22.3. The standard InChI is InChI=1S/C20H33NO/c1-19(2,3)12-11-15-7-9-17(10-8-15)22-18-13-16(14-18)21-20(4,5)6/h7-10,16,18,21H,11-14H2,1-6H3/t16-,18-. The van der Waals surface area contributed by atoms with Gasteiger partial charge in [0, 0.05) is 11.6 Å². The minimum absolute atomic E-state index is 0.199. The molecular formula is C20H33NO. The molecule has 1 aromatic rings. The highest BCUT2D eigenvalue weighted by Crippen LogP contribution is 2.28. The van der Waals surface area contributed by atoms with Gasteiger partial charge in [-0.1, -0.05) is 32.9 Å². The van der Waals surface area contributed by atoms with Crippen molar-refractivity contribution >= 4 is 0 Å². The summed E-state index contributed by atoms with van der Waals surface area (Å²) in [7, 11) is 0. The Morgan fingerprint density at radius 1 is 1.00 bits per heavy atom. The molecule has 22 heavy (non-hydrogen) atoms. The third-order valence-corrected chi connectivity index (χ3v) is 4.12. The van der Waals surface area contributed by atoms with Crippen LogP contribution in [-0.2, 0) is 6.42 Å². The van der Waals surface area contributed by atoms with Crippen LogP contribution in [0.1, 0.15) is 66.4 Å². The maximum absolute atomic E-state index is 6.06. The van der Waals surface area contributed by atoms with Crippen molar-refractivity contribution in [2.45, 2.75) is 84.9 Å². The maximum atomic E-state index is 6.06. The average molecular weight is 303 g/mol. The minimum Gasteiger partial charge on any atom is -0.490 e. The van der Waals surface area contributed by atoms with Crippen molar-refractivity contribution in [1.29, 1.82) is 0 Å². The van der Waals surface area contributed by atoms with E-state index in [1.165, 1.54) is 12.0 Å². The predicted octanol–water partition coefficient (Wildman–Crippen LogP) is 4.96. The van der Waals surface area contributed by atoms with E-state index < -0.39 is 0 Å². The molecule has 0 aliphatic heterocycles. The molecule has 2 heteroatoms. The second-order valence-corrected chi connectivity index (χ2v) is 9.01. The van der Waals surface area contributed by atoms with Gasteiger partial charge in [-0.2, -0.15) is 0 Å². The number of hydrogen-bond acceptors (Lipinski definition) is 2. The summed E-state index contributed by atoms with van der Waals surface area (Å²) < 4.78 is 6.06. The van der Waals surface area contributed by atoms with Crippen LogP contribution in [0.25, 0.3) is 0 Å². The predicted molar refractivity (Wildman–Crippen MR) is 94.5 cm³/mol. The van der Waals surface area contributed by atoms with Crippen molar-refractivity contribution in [3.05, 3.63) is 29.8 Å². The number of aryl methyl sites for hydroxylation is 1. The van der Waals surface area contributed by atoms with Gasteiger partial charge in [0.05, 0.1) is 0 Å². The highest BCUT2D eigenvalue weighted by Gasteiger charge is 2.33. The molecule has 1 aliphatic carbocycles. The number of ether oxygens (including phenoxy) is 1. The van der Waals surface area contributed by atoms with Crippen LogP contribution in [0.3, 0.4) is 0 Å². The molecule has 0 unspecified atom stereocenters. The van der Waals surface area contributed by atoms with Crippen molar-refractivity contribution in [2.24, 2.45) is 5.41 Å². The first-order chi connectivity index (χ1) is 10.1. The molecule has 0 spiro atoms. The van der Waals surface area contributed by atoms with Crippen molar-refractivity contribution < 1.29 is 4.74 Å². The lowest BCUT2D eigenvalue weighted by Crippen LogP contribution is -2.53. The highest BCUT2D eigenvalue weighted by molar-refractivity contribution is 5.28. The van der Waals surface area contributed by atoms with E-state index in [0.29, 0.717) is 17.6 Å². The lowest BCUT2D eigenvalue weighted by atomic mass is 9.87. The average Bonchev–Trinajstić information content (AvgIpc) is 2.33. The first-order valence-electron chi connectivity index (χ1n) is 8.64. The van der Waals surface area contributed by atoms with Gasteiger partial charge in [0.2, 0.25) is 0 Å². The van der Waals surface area contributed by atoms with Crippen LogP contribution in [0, 0.1) is 5.41 Å². The number of rotatable bonds is 5. The van der Waals surface area contributed by atoms with Gasteiger partial charge in [-0.15, -0.1) is 0 Å². The molecule has 0 heterocycles. The van der Waals surface area contributed by atoms with Gasteiger partial charge < -0.3 is 10.1 Å². The Morgan fingerprint density at radius 2 is 1.59 bits per heavy atom. The Bertz CT molecular complexity index is 458. The summed E-state index contributed by atoms with van der Waals surface area (Å²) in [5, 5.41) is 3.63. The van der Waals surface area contributed by atoms with Gasteiger partial charge in [0.25, 0.3) is 0 Å². The smallest absolute Gasteiger partial charge is 0.119 e. The zero-order chi connectivity index (χ0) is 16.4. The lowest BCUT2D eigenvalue weighted by Gasteiger charge is -2.40. The summed E-state index contributed by atoms with van der Waals surface area (Å²) in [5.41, 5.74) is 2.00. The SMILES string of the molecule is CC(C)(C)CCc1ccc(O[C@H]2C[C@H](NC(C)(C)C)C2)cc1. The van der Waals surface area contributed by atoms with Crippen molar-refractivity contribution in [3.8, 4) is 5.75 Å². The molecule has 2 nitrogen and oxygen atoms in total. The van der Waals surface area contributed by atoms with Crippen molar-refractivity contribution in [1.82, 2.24) is 5.32 Å². The van der Waals surface area contributed by atoms with Crippen LogP contribution in [0.15, 0.2) is 24.3 Å². The topological polar surface area (TPSA) is 21.3 Å². The third-order valence-electron chi connectivity index (χ3n) is 4.12. The van der Waals surface area contributed by atoms with E-state index in [4.69, 9.17) is 4.74 Å². The first-order valence-corrected chi connectivity index (χ1v) is 8.64. The summed E-state index contributed by atoms with van der Waals surface area (Å²) in [5.74, 6) is 1.01. The Labute approximate surface area is 136 Å². The summed E-state index contributed by atoms with van der Waals surface area (Å²) >= 11 is 0. The first kappa shape index (κ1) is 17.3. The van der Waals surface area contributed by atoms with Gasteiger partial charge in [-0.3, -0.25) is 0 Å². The van der Waals surface area contributed by atoms with Crippen LogP contribution >= 0.6 is 0 Å². The monoisotopic (exact) mass is 303 g/mol. The summed E-state index contributed by atoms with van der Waals surface area (Å²) in [4.78, 5) is 0. The van der Waals surface area contributed by atoms with Crippen LogP contribution in [0.5, 0.6) is 5.75 Å². The van der Waals surface area contributed by atoms with E-state index in [9.17, 15) is 0 Å². The molecular weight excluding hydrogens is 270 g/mol. The van der Waals surface area contributed by atoms with E-state index in [1.807, 2.05) is 0 Å². The quantitative estimate of drug-likeness (QED) is 0.830. The zero-order valence-corrected chi connectivity index (χ0v) is 15.2. The molecule has 1 fully saturated rings. The van der Waals surface area contributed by atoms with Crippen LogP contribution < -0.4 is 10.1 Å². The fourth-order valence-corrected chi connectivity index (χ4v) is 2.84. The third kappa shape index (κ3) is 6.00. The summed E-state index contributed by atoms with van der Waals surface area (Å²) in [6, 6.07) is 9.29. The molecule has 1 aromatic carbocycles. The van der Waals surface area contributed by atoms with Gasteiger partial charge in [0.1, 0.15) is 11.9 Å². The highest BCUT2D eigenvalue weighted by atomic mass is 16.5. The molecule has 0 bridgehead atoms. The molecule has 1 N–H and O–H groups in total. The molecule has 124 valence electrons. The summed E-state index contributed by atoms with van der Waals surface area (Å²) in [6.07, 6.45) is 4.97. The molecule has 2 rings (SSSR count). The van der Waals surface area contributed by atoms with E-state index in [1.54, 1.807) is 0 Å². The Balaban J connectivity index is 1.74. The molecule has 0 amide bonds. The molecule has 0 atom stereocenters. The largest absolute Gasteiger partial charge is 0.490 e. The number of hydrogen-bond donors (Lipinski definition) is 1. The van der Waals surface area contributed by atoms with E-state index in [2.05, 4.69) is 71.1 Å². The Kier molecular flexibility index (Phi) is 5.21. The lowest BCUT2D eigenvalue weighted by molar-refractivity contribution is 0.0734. The number of benzene rings is 1. The van der Waals surface area contributed by atoms with Crippen molar-refractivity contribution in [3.63, 3.8) is 0 Å².